The molecule has 8 nitrogen and oxygen atoms in total. The Labute approximate surface area is 194 Å². The van der Waals surface area contributed by atoms with Gasteiger partial charge in [-0.05, 0) is 61.5 Å². The molecule has 4 aromatic rings. The highest BCUT2D eigenvalue weighted by Gasteiger charge is 2.26. The highest BCUT2D eigenvalue weighted by Crippen LogP contribution is 2.32. The standard InChI is InChI=1S/C24H23N5O3S/c1-15-26-19-4-2-10-25-22(19)29(15)17-8-11-28(12-9-17)20-7-6-16(14-18(20)24(31)32)27-23(30)21-5-3-13-33-21/h2-7,10,13-14,17H,8-9,11-12H2,1H3,(H,27,30)(H,31,32). The fourth-order valence-corrected chi connectivity index (χ4v) is 5.13. The molecule has 0 spiro atoms. The number of nitrogens with zero attached hydrogens (tertiary/aromatic N) is 4. The van der Waals surface area contributed by atoms with E-state index in [0.717, 1.165) is 42.9 Å². The molecule has 3 aromatic heterocycles. The molecule has 1 aliphatic rings. The Balaban J connectivity index is 1.34. The van der Waals surface area contributed by atoms with E-state index in [9.17, 15) is 14.7 Å². The predicted molar refractivity (Wildman–Crippen MR) is 128 cm³/mol. The maximum Gasteiger partial charge on any atom is 0.337 e. The lowest BCUT2D eigenvalue weighted by atomic mass is 10.0. The third-order valence-electron chi connectivity index (χ3n) is 6.03. The van der Waals surface area contributed by atoms with Gasteiger partial charge in [-0.1, -0.05) is 6.07 Å². The number of carboxylic acid groups (broad SMARTS) is 1. The van der Waals surface area contributed by atoms with Crippen LogP contribution in [0.25, 0.3) is 11.2 Å². The Hall–Kier alpha value is -3.72. The number of carbonyl (C=O) groups is 2. The first-order valence-electron chi connectivity index (χ1n) is 10.8. The van der Waals surface area contributed by atoms with E-state index in [1.807, 2.05) is 24.4 Å². The summed E-state index contributed by atoms with van der Waals surface area (Å²) >= 11 is 1.34. The zero-order chi connectivity index (χ0) is 22.9. The number of carbonyl (C=O) groups excluding carboxylic acids is 1. The van der Waals surface area contributed by atoms with Crippen LogP contribution in [0.2, 0.25) is 0 Å². The minimum atomic E-state index is -1.01. The molecule has 0 unspecified atom stereocenters. The van der Waals surface area contributed by atoms with Gasteiger partial charge in [0, 0.05) is 31.0 Å². The number of aromatic carboxylic acids is 1. The fourth-order valence-electron chi connectivity index (χ4n) is 4.51. The van der Waals surface area contributed by atoms with Crippen LogP contribution in [0, 0.1) is 6.92 Å². The molecule has 0 bridgehead atoms. The van der Waals surface area contributed by atoms with Crippen molar-refractivity contribution in [3.8, 4) is 0 Å². The van der Waals surface area contributed by atoms with Gasteiger partial charge in [-0.2, -0.15) is 0 Å². The Morgan fingerprint density at radius 2 is 1.97 bits per heavy atom. The van der Waals surface area contributed by atoms with Crippen LogP contribution in [0.3, 0.4) is 0 Å². The van der Waals surface area contributed by atoms with Crippen LogP contribution in [0.1, 0.15) is 44.7 Å². The molecule has 2 N–H and O–H groups in total. The maximum absolute atomic E-state index is 12.3. The monoisotopic (exact) mass is 461 g/mol. The first kappa shape index (κ1) is 21.1. The van der Waals surface area contributed by atoms with E-state index in [4.69, 9.17) is 0 Å². The number of carboxylic acids is 1. The van der Waals surface area contributed by atoms with Gasteiger partial charge in [-0.15, -0.1) is 11.3 Å². The number of pyridine rings is 1. The highest BCUT2D eigenvalue weighted by atomic mass is 32.1. The van der Waals surface area contributed by atoms with Gasteiger partial charge in [0.1, 0.15) is 11.3 Å². The number of hydrogen-bond donors (Lipinski definition) is 2. The van der Waals surface area contributed by atoms with Gasteiger partial charge in [-0.3, -0.25) is 4.79 Å². The topological polar surface area (TPSA) is 100 Å². The number of hydrogen-bond acceptors (Lipinski definition) is 6. The number of anilines is 2. The first-order valence-corrected chi connectivity index (χ1v) is 11.7. The molecule has 168 valence electrons. The van der Waals surface area contributed by atoms with Crippen LogP contribution in [-0.2, 0) is 0 Å². The summed E-state index contributed by atoms with van der Waals surface area (Å²) in [5.74, 6) is -0.314. The van der Waals surface area contributed by atoms with Crippen molar-refractivity contribution < 1.29 is 14.7 Å². The molecular formula is C24H23N5O3S. The number of aryl methyl sites for hydroxylation is 1. The van der Waals surface area contributed by atoms with Crippen LogP contribution in [0.4, 0.5) is 11.4 Å². The van der Waals surface area contributed by atoms with Crippen molar-refractivity contribution in [3.05, 3.63) is 70.3 Å². The van der Waals surface area contributed by atoms with Gasteiger partial charge in [-0.25, -0.2) is 14.8 Å². The summed E-state index contributed by atoms with van der Waals surface area (Å²) in [6, 6.07) is 12.7. The summed E-state index contributed by atoms with van der Waals surface area (Å²) in [6.45, 7) is 3.44. The summed E-state index contributed by atoms with van der Waals surface area (Å²) < 4.78 is 2.20. The zero-order valence-corrected chi connectivity index (χ0v) is 18.9. The predicted octanol–water partition coefficient (Wildman–Crippen LogP) is 4.59. The van der Waals surface area contributed by atoms with Gasteiger partial charge in [0.25, 0.3) is 5.91 Å². The van der Waals surface area contributed by atoms with Gasteiger partial charge in [0.15, 0.2) is 5.65 Å². The number of thiophene rings is 1. The smallest absolute Gasteiger partial charge is 0.337 e. The van der Waals surface area contributed by atoms with Crippen LogP contribution in [0.5, 0.6) is 0 Å². The first-order chi connectivity index (χ1) is 16.0. The Bertz CT molecular complexity index is 1320. The van der Waals surface area contributed by atoms with Crippen molar-refractivity contribution in [2.75, 3.05) is 23.3 Å². The number of imidazole rings is 1. The van der Waals surface area contributed by atoms with Crippen LogP contribution < -0.4 is 10.2 Å². The Kier molecular flexibility index (Phi) is 5.55. The van der Waals surface area contributed by atoms with Crippen LogP contribution >= 0.6 is 11.3 Å². The number of piperidine rings is 1. The van der Waals surface area contributed by atoms with Crippen molar-refractivity contribution in [2.24, 2.45) is 0 Å². The molecule has 9 heteroatoms. The number of aromatic nitrogens is 3. The Morgan fingerprint density at radius 3 is 2.70 bits per heavy atom. The molecular weight excluding hydrogens is 438 g/mol. The van der Waals surface area contributed by atoms with Crippen LogP contribution in [-0.4, -0.2) is 44.6 Å². The summed E-state index contributed by atoms with van der Waals surface area (Å²) in [7, 11) is 0. The van der Waals surface area contributed by atoms with E-state index in [0.29, 0.717) is 16.3 Å². The molecule has 0 atom stereocenters. The third-order valence-corrected chi connectivity index (χ3v) is 6.89. The quantitative estimate of drug-likeness (QED) is 0.451. The number of benzene rings is 1. The molecule has 0 aliphatic carbocycles. The lowest BCUT2D eigenvalue weighted by Crippen LogP contribution is -2.35. The van der Waals surface area contributed by atoms with E-state index in [1.54, 1.807) is 30.5 Å². The average Bonchev–Trinajstić information content (AvgIpc) is 3.47. The number of fused-ring (bicyclic) bond motifs is 1. The fraction of sp³-hybridized carbons (Fsp3) is 0.250. The molecule has 1 aromatic carbocycles. The second kappa shape index (κ2) is 8.67. The molecule has 4 heterocycles. The minimum absolute atomic E-state index is 0.184. The zero-order valence-electron chi connectivity index (χ0n) is 18.1. The number of rotatable bonds is 5. The van der Waals surface area contributed by atoms with E-state index in [1.165, 1.54) is 17.4 Å². The Morgan fingerprint density at radius 1 is 1.15 bits per heavy atom. The molecule has 0 radical (unpaired) electrons. The summed E-state index contributed by atoms with van der Waals surface area (Å²) in [4.78, 5) is 36.2. The summed E-state index contributed by atoms with van der Waals surface area (Å²) in [5.41, 5.74) is 3.11. The SMILES string of the molecule is Cc1nc2cccnc2n1C1CCN(c2ccc(NC(=O)c3cccs3)cc2C(=O)O)CC1. The van der Waals surface area contributed by atoms with Gasteiger partial charge in [0.05, 0.1) is 16.1 Å². The second-order valence-electron chi connectivity index (χ2n) is 8.06. The van der Waals surface area contributed by atoms with Crippen molar-refractivity contribution >= 4 is 45.8 Å². The van der Waals surface area contributed by atoms with Crippen molar-refractivity contribution in [1.82, 2.24) is 14.5 Å². The number of nitrogens with one attached hydrogen (secondary N) is 1. The van der Waals surface area contributed by atoms with E-state index < -0.39 is 5.97 Å². The third kappa shape index (κ3) is 4.07. The largest absolute Gasteiger partial charge is 0.478 e. The van der Waals surface area contributed by atoms with E-state index >= 15 is 0 Å². The number of amides is 1. The summed E-state index contributed by atoms with van der Waals surface area (Å²) in [6.07, 6.45) is 3.50. The molecule has 1 fully saturated rings. The van der Waals surface area contributed by atoms with E-state index in [2.05, 4.69) is 24.8 Å². The normalized spacial score (nSPS) is 14.5. The molecule has 33 heavy (non-hydrogen) atoms. The maximum atomic E-state index is 12.3. The van der Waals surface area contributed by atoms with E-state index in [-0.39, 0.29) is 17.5 Å². The molecule has 1 saturated heterocycles. The lowest BCUT2D eigenvalue weighted by Gasteiger charge is -2.35. The average molecular weight is 462 g/mol. The van der Waals surface area contributed by atoms with Gasteiger partial charge < -0.3 is 19.9 Å². The van der Waals surface area contributed by atoms with Gasteiger partial charge >= 0.3 is 5.97 Å². The lowest BCUT2D eigenvalue weighted by molar-refractivity contribution is 0.0697. The van der Waals surface area contributed by atoms with Crippen molar-refractivity contribution in [3.63, 3.8) is 0 Å². The summed E-state index contributed by atoms with van der Waals surface area (Å²) in [5, 5.41) is 14.5. The van der Waals surface area contributed by atoms with Crippen molar-refractivity contribution in [2.45, 2.75) is 25.8 Å². The van der Waals surface area contributed by atoms with Crippen molar-refractivity contribution in [1.29, 1.82) is 0 Å². The second-order valence-corrected chi connectivity index (χ2v) is 9.01. The molecule has 1 aliphatic heterocycles. The van der Waals surface area contributed by atoms with Crippen LogP contribution in [0.15, 0.2) is 54.0 Å². The minimum Gasteiger partial charge on any atom is -0.478 e. The van der Waals surface area contributed by atoms with Gasteiger partial charge in [0.2, 0.25) is 0 Å². The highest BCUT2D eigenvalue weighted by molar-refractivity contribution is 7.12. The molecule has 5 rings (SSSR count). The molecule has 1 amide bonds. The molecule has 0 saturated carbocycles.